The summed E-state index contributed by atoms with van der Waals surface area (Å²) in [6.45, 7) is 0. The van der Waals surface area contributed by atoms with E-state index in [1.165, 1.54) is 0 Å². The van der Waals surface area contributed by atoms with Crippen molar-refractivity contribution in [3.8, 4) is 0 Å². The Morgan fingerprint density at radius 3 is 1.32 bits per heavy atom. The van der Waals surface area contributed by atoms with Crippen LogP contribution >= 0.6 is 12.0 Å². The first kappa shape index (κ1) is 21.5. The summed E-state index contributed by atoms with van der Waals surface area (Å²) in [6.07, 6.45) is -5.76. The number of alkyl halides is 9. The maximum atomic E-state index is 12.1. The Kier molecular flexibility index (Phi) is 6.08. The van der Waals surface area contributed by atoms with Crippen molar-refractivity contribution in [2.24, 2.45) is 0 Å². The van der Waals surface area contributed by atoms with E-state index in [0.29, 0.717) is 0 Å². The molecule has 0 saturated heterocycles. The molecule has 0 radical (unpaired) electrons. The van der Waals surface area contributed by atoms with Gasteiger partial charge in [0, 0.05) is 3.91 Å². The Hall–Kier alpha value is -0.460. The maximum Gasteiger partial charge on any atom is 1.00 e. The molecule has 0 atom stereocenters. The van der Waals surface area contributed by atoms with Crippen LogP contribution in [0.3, 0.4) is 0 Å². The van der Waals surface area contributed by atoms with Crippen LogP contribution in [0.2, 0.25) is 0 Å². The monoisotopic (exact) mass is 412 g/mol. The van der Waals surface area contributed by atoms with Gasteiger partial charge in [0.1, 0.15) is 19.7 Å². The molecule has 0 amide bonds. The number of hydrogen-bond donors (Lipinski definition) is 0. The van der Waals surface area contributed by atoms with E-state index in [-0.39, 0.29) is 1.43 Å². The van der Waals surface area contributed by atoms with Crippen LogP contribution in [-0.4, -0.2) is 34.2 Å². The minimum atomic E-state index is -7.20. The Labute approximate surface area is 121 Å². The molecule has 0 spiro atoms. The van der Waals surface area contributed by atoms with Gasteiger partial charge in [0.2, 0.25) is 0 Å². The third kappa shape index (κ3) is 5.03. The fourth-order valence-electron chi connectivity index (χ4n) is 0.506. The van der Waals surface area contributed by atoms with Gasteiger partial charge >= 0.3 is 18.8 Å². The summed E-state index contributed by atoms with van der Waals surface area (Å²) < 4.78 is 149. The molecule has 0 bridgehead atoms. The number of rotatable bonds is 5. The smallest absolute Gasteiger partial charge is 0.251 e. The highest BCUT2D eigenvalue weighted by Crippen LogP contribution is 2.47. The topological polar surface area (TPSA) is 86.7 Å². The molecule has 0 aromatic rings. The first-order valence-corrected chi connectivity index (χ1v) is 7.63. The second-order valence-electron chi connectivity index (χ2n) is 2.83. The molecule has 0 saturated carbocycles. The maximum absolute atomic E-state index is 12.1. The molecular formula is C4HF9O6S3. The molecule has 0 fully saturated rings. The Bertz CT molecular complexity index is 544. The van der Waals surface area contributed by atoms with Gasteiger partial charge in [-0.2, -0.15) is 30.7 Å². The highest BCUT2D eigenvalue weighted by atomic mass is 32.3. The first-order chi connectivity index (χ1) is 9.34. The Morgan fingerprint density at radius 2 is 1.09 bits per heavy atom. The van der Waals surface area contributed by atoms with Gasteiger partial charge in [0.15, 0.2) is 0 Å². The van der Waals surface area contributed by atoms with Gasteiger partial charge in [-0.15, -0.1) is 30.1 Å². The lowest BCUT2D eigenvalue weighted by molar-refractivity contribution is -0.440. The molecule has 22 heavy (non-hydrogen) atoms. The number of sulfone groups is 2. The summed E-state index contributed by atoms with van der Waals surface area (Å²) >= 11 is -1.93. The zero-order valence-corrected chi connectivity index (χ0v) is 11.5. The normalized spacial score (nSPS) is 15.4. The second-order valence-corrected chi connectivity index (χ2v) is 8.07. The lowest BCUT2D eigenvalue weighted by Gasteiger charge is -2.29. The van der Waals surface area contributed by atoms with Gasteiger partial charge in [0.05, 0.1) is 0 Å². The van der Waals surface area contributed by atoms with Crippen LogP contribution in [-0.2, 0) is 28.9 Å². The number of hydrogen-bond acceptors (Lipinski definition) is 7. The van der Waals surface area contributed by atoms with E-state index in [0.717, 1.165) is 0 Å². The van der Waals surface area contributed by atoms with E-state index in [2.05, 4.69) is 9.22 Å². The predicted octanol–water partition coefficient (Wildman–Crippen LogP) is 2.53. The molecule has 0 N–H and O–H groups in total. The van der Waals surface area contributed by atoms with Gasteiger partial charge in [-0.3, -0.25) is 16.8 Å². The second kappa shape index (κ2) is 6.21. The molecule has 18 heteroatoms. The zero-order chi connectivity index (χ0) is 18.2. The SMILES string of the molecule is O=S(=O)([C-](SOOC(F)(F)F)S(=O)(=O)C(F)(F)F)C(F)(F)F.[H+]. The van der Waals surface area contributed by atoms with E-state index in [9.17, 15) is 56.3 Å². The largest absolute Gasteiger partial charge is 1.00 e. The lowest BCUT2D eigenvalue weighted by Crippen LogP contribution is -2.38. The van der Waals surface area contributed by atoms with E-state index < -0.39 is 53.0 Å². The van der Waals surface area contributed by atoms with Crippen molar-refractivity contribution in [3.05, 3.63) is 3.91 Å². The third-order valence-corrected chi connectivity index (χ3v) is 6.69. The molecule has 0 rings (SSSR count). The summed E-state index contributed by atoms with van der Waals surface area (Å²) in [5.41, 5.74) is -13.1. The van der Waals surface area contributed by atoms with Gasteiger partial charge in [-0.1, -0.05) is 0 Å². The molecule has 0 aromatic carbocycles. The molecule has 6 nitrogen and oxygen atoms in total. The number of halogens is 9. The van der Waals surface area contributed by atoms with Crippen LogP contribution in [0.15, 0.2) is 0 Å². The van der Waals surface area contributed by atoms with Gasteiger partial charge in [-0.25, -0.2) is 0 Å². The highest BCUT2D eigenvalue weighted by molar-refractivity contribution is 8.30. The Morgan fingerprint density at radius 1 is 0.773 bits per heavy atom. The average molecular weight is 412 g/mol. The lowest BCUT2D eigenvalue weighted by atomic mass is 11.4. The minimum Gasteiger partial charge on any atom is -0.251 e. The summed E-state index contributed by atoms with van der Waals surface area (Å²) in [7, 11) is -14.4. The summed E-state index contributed by atoms with van der Waals surface area (Å²) in [4.78, 5) is 2.25. The molecule has 0 aliphatic rings. The van der Waals surface area contributed by atoms with Crippen molar-refractivity contribution in [2.45, 2.75) is 17.4 Å². The quantitative estimate of drug-likeness (QED) is 0.226. The van der Waals surface area contributed by atoms with Crippen LogP contribution in [0, 0.1) is 3.91 Å². The average Bonchev–Trinajstić information content (AvgIpc) is 2.18. The zero-order valence-electron chi connectivity index (χ0n) is 10.1. The standard InChI is InChI=1S/C4F9O6S3/c5-2(6,7)18-19-20-1(21(14,15)3(8,9)10)22(16,17)4(11,12)13/q-1/p+1. The Balaban J connectivity index is 0. The van der Waals surface area contributed by atoms with Crippen molar-refractivity contribution in [1.82, 2.24) is 0 Å². The van der Waals surface area contributed by atoms with Crippen LogP contribution in [0.5, 0.6) is 0 Å². The van der Waals surface area contributed by atoms with Crippen LogP contribution in [0.1, 0.15) is 1.43 Å². The predicted molar refractivity (Wildman–Crippen MR) is 50.1 cm³/mol. The van der Waals surface area contributed by atoms with Crippen molar-refractivity contribution < 1.29 is 67.0 Å². The van der Waals surface area contributed by atoms with Crippen molar-refractivity contribution >= 4 is 31.7 Å². The van der Waals surface area contributed by atoms with Crippen molar-refractivity contribution in [1.29, 1.82) is 0 Å². The van der Waals surface area contributed by atoms with Crippen LogP contribution in [0.4, 0.5) is 39.5 Å². The highest BCUT2D eigenvalue weighted by Gasteiger charge is 2.55. The van der Waals surface area contributed by atoms with Gasteiger partial charge in [0.25, 0.3) is 0 Å². The van der Waals surface area contributed by atoms with E-state index in [1.54, 1.807) is 0 Å². The van der Waals surface area contributed by atoms with E-state index >= 15 is 0 Å². The summed E-state index contributed by atoms with van der Waals surface area (Å²) in [5, 5.41) is 0. The third-order valence-electron chi connectivity index (χ3n) is 1.28. The molecule has 0 aromatic heterocycles. The molecular weight excluding hydrogens is 411 g/mol. The molecule has 0 unspecified atom stereocenters. The minimum absolute atomic E-state index is 0. The first-order valence-electron chi connectivity index (χ1n) is 3.93. The molecule has 0 aliphatic heterocycles. The molecule has 0 heterocycles. The summed E-state index contributed by atoms with van der Waals surface area (Å²) in [6, 6.07) is 0. The van der Waals surface area contributed by atoms with Gasteiger partial charge < -0.3 is 0 Å². The fraction of sp³-hybridized carbons (Fsp3) is 0.750. The molecule has 134 valence electrons. The summed E-state index contributed by atoms with van der Waals surface area (Å²) in [5.74, 6) is 0. The van der Waals surface area contributed by atoms with Crippen LogP contribution in [0.25, 0.3) is 0 Å². The van der Waals surface area contributed by atoms with Crippen LogP contribution < -0.4 is 0 Å². The molecule has 0 aliphatic carbocycles. The van der Waals surface area contributed by atoms with E-state index in [1.807, 2.05) is 0 Å². The van der Waals surface area contributed by atoms with E-state index in [4.69, 9.17) is 0 Å². The van der Waals surface area contributed by atoms with Gasteiger partial charge in [-0.05, 0) is 0 Å². The van der Waals surface area contributed by atoms with Crippen molar-refractivity contribution in [3.63, 3.8) is 0 Å². The fourth-order valence-corrected chi connectivity index (χ4v) is 4.22. The van der Waals surface area contributed by atoms with Crippen molar-refractivity contribution in [2.75, 3.05) is 0 Å².